The van der Waals surface area contributed by atoms with Gasteiger partial charge < -0.3 is 9.73 Å². The summed E-state index contributed by atoms with van der Waals surface area (Å²) in [6, 6.07) is 15.1. The first kappa shape index (κ1) is 15.2. The van der Waals surface area contributed by atoms with E-state index in [0.29, 0.717) is 11.3 Å². The first-order valence-corrected chi connectivity index (χ1v) is 8.32. The van der Waals surface area contributed by atoms with Gasteiger partial charge >= 0.3 is 0 Å². The van der Waals surface area contributed by atoms with Gasteiger partial charge in [-0.3, -0.25) is 0 Å². The molecule has 0 aliphatic heterocycles. The molecule has 3 heteroatoms. The van der Waals surface area contributed by atoms with Crippen LogP contribution in [0.5, 0.6) is 0 Å². The molecule has 2 rings (SSSR count). The highest BCUT2D eigenvalue weighted by atomic mass is 32.2. The van der Waals surface area contributed by atoms with E-state index in [0.717, 1.165) is 24.5 Å². The zero-order valence-electron chi connectivity index (χ0n) is 12.2. The third-order valence-corrected chi connectivity index (χ3v) is 4.86. The Morgan fingerprint density at radius 3 is 2.50 bits per heavy atom. The average Bonchev–Trinajstić information content (AvgIpc) is 3.01. The Morgan fingerprint density at radius 1 is 1.10 bits per heavy atom. The zero-order chi connectivity index (χ0) is 14.2. The number of hydrogen-bond acceptors (Lipinski definition) is 3. The fourth-order valence-corrected chi connectivity index (χ4v) is 3.60. The highest BCUT2D eigenvalue weighted by molar-refractivity contribution is 7.99. The van der Waals surface area contributed by atoms with E-state index < -0.39 is 0 Å². The topological polar surface area (TPSA) is 25.2 Å². The molecule has 2 unspecified atom stereocenters. The van der Waals surface area contributed by atoms with Crippen molar-refractivity contribution in [3.8, 4) is 0 Å². The Hall–Kier alpha value is -1.19. The standard InChI is InChI=1S/C17H23NOS/c1-3-16(20-13-15-11-8-12-19-15)17(18-4-2)14-9-6-5-7-10-14/h5-12,16-18H,3-4,13H2,1-2H3. The van der Waals surface area contributed by atoms with Crippen molar-refractivity contribution in [2.24, 2.45) is 0 Å². The molecular formula is C17H23NOS. The van der Waals surface area contributed by atoms with Gasteiger partial charge in [0.05, 0.1) is 12.0 Å². The van der Waals surface area contributed by atoms with Gasteiger partial charge in [0.1, 0.15) is 5.76 Å². The second-order valence-electron chi connectivity index (χ2n) is 4.78. The van der Waals surface area contributed by atoms with Gasteiger partial charge in [0.2, 0.25) is 0 Å². The summed E-state index contributed by atoms with van der Waals surface area (Å²) in [5, 5.41) is 4.17. The van der Waals surface area contributed by atoms with Crippen molar-refractivity contribution in [1.29, 1.82) is 0 Å². The highest BCUT2D eigenvalue weighted by Crippen LogP contribution is 2.31. The van der Waals surface area contributed by atoms with Crippen LogP contribution in [0.3, 0.4) is 0 Å². The summed E-state index contributed by atoms with van der Waals surface area (Å²) in [6.45, 7) is 5.41. The molecule has 1 aromatic carbocycles. The maximum atomic E-state index is 5.43. The van der Waals surface area contributed by atoms with Gasteiger partial charge in [-0.15, -0.1) is 11.8 Å². The van der Waals surface area contributed by atoms with E-state index in [1.165, 1.54) is 5.56 Å². The summed E-state index contributed by atoms with van der Waals surface area (Å²) in [4.78, 5) is 0. The van der Waals surface area contributed by atoms with Gasteiger partial charge in [0, 0.05) is 11.3 Å². The van der Waals surface area contributed by atoms with Crippen molar-refractivity contribution in [1.82, 2.24) is 5.32 Å². The minimum Gasteiger partial charge on any atom is -0.468 e. The first-order chi connectivity index (χ1) is 9.85. The van der Waals surface area contributed by atoms with Gasteiger partial charge in [-0.2, -0.15) is 0 Å². The number of furan rings is 1. The van der Waals surface area contributed by atoms with E-state index >= 15 is 0 Å². The maximum Gasteiger partial charge on any atom is 0.113 e. The number of nitrogens with one attached hydrogen (secondary N) is 1. The molecule has 0 aliphatic carbocycles. The van der Waals surface area contributed by atoms with E-state index in [1.54, 1.807) is 6.26 Å². The van der Waals surface area contributed by atoms with E-state index in [-0.39, 0.29) is 0 Å². The van der Waals surface area contributed by atoms with Crippen LogP contribution in [0, 0.1) is 0 Å². The van der Waals surface area contributed by atoms with Crippen LogP contribution in [0.25, 0.3) is 0 Å². The van der Waals surface area contributed by atoms with Gasteiger partial charge in [-0.25, -0.2) is 0 Å². The maximum absolute atomic E-state index is 5.43. The molecule has 2 atom stereocenters. The number of benzene rings is 1. The second kappa shape index (κ2) is 8.18. The van der Waals surface area contributed by atoms with Crippen molar-refractivity contribution >= 4 is 11.8 Å². The molecule has 2 aromatic rings. The van der Waals surface area contributed by atoms with Crippen LogP contribution in [0.2, 0.25) is 0 Å². The molecule has 1 N–H and O–H groups in total. The predicted molar refractivity (Wildman–Crippen MR) is 86.9 cm³/mol. The van der Waals surface area contributed by atoms with Crippen LogP contribution in [-0.4, -0.2) is 11.8 Å². The molecule has 0 aliphatic rings. The lowest BCUT2D eigenvalue weighted by molar-refractivity contribution is 0.515. The molecule has 1 aromatic heterocycles. The van der Waals surface area contributed by atoms with E-state index in [1.807, 2.05) is 23.9 Å². The van der Waals surface area contributed by atoms with Gasteiger partial charge in [0.15, 0.2) is 0 Å². The Balaban J connectivity index is 2.05. The Labute approximate surface area is 126 Å². The molecular weight excluding hydrogens is 266 g/mol. The minimum atomic E-state index is 0.395. The van der Waals surface area contributed by atoms with E-state index in [2.05, 4.69) is 49.5 Å². The van der Waals surface area contributed by atoms with Crippen molar-refractivity contribution < 1.29 is 4.42 Å². The molecule has 0 saturated heterocycles. The van der Waals surface area contributed by atoms with Crippen LogP contribution in [0.1, 0.15) is 37.6 Å². The first-order valence-electron chi connectivity index (χ1n) is 7.27. The van der Waals surface area contributed by atoms with Gasteiger partial charge in [0.25, 0.3) is 0 Å². The van der Waals surface area contributed by atoms with E-state index in [4.69, 9.17) is 4.42 Å². The van der Waals surface area contributed by atoms with E-state index in [9.17, 15) is 0 Å². The summed E-state index contributed by atoms with van der Waals surface area (Å²) < 4.78 is 5.43. The summed E-state index contributed by atoms with van der Waals surface area (Å²) >= 11 is 1.97. The highest BCUT2D eigenvalue weighted by Gasteiger charge is 2.21. The summed E-state index contributed by atoms with van der Waals surface area (Å²) in [7, 11) is 0. The lowest BCUT2D eigenvalue weighted by Crippen LogP contribution is -2.29. The molecule has 0 saturated carbocycles. The predicted octanol–water partition coefficient (Wildman–Crippen LogP) is 4.64. The summed E-state index contributed by atoms with van der Waals surface area (Å²) in [5.74, 6) is 1.98. The Kier molecular flexibility index (Phi) is 6.22. The fraction of sp³-hybridized carbons (Fsp3) is 0.412. The molecule has 1 heterocycles. The molecule has 0 amide bonds. The average molecular weight is 289 g/mol. The molecule has 20 heavy (non-hydrogen) atoms. The molecule has 0 bridgehead atoms. The Bertz CT molecular complexity index is 469. The number of rotatable bonds is 8. The third-order valence-electron chi connectivity index (χ3n) is 3.38. The molecule has 0 radical (unpaired) electrons. The van der Waals surface area contributed by atoms with Crippen LogP contribution in [0.4, 0.5) is 0 Å². The van der Waals surface area contributed by atoms with Crippen LogP contribution >= 0.6 is 11.8 Å². The molecule has 0 fully saturated rings. The monoisotopic (exact) mass is 289 g/mol. The zero-order valence-corrected chi connectivity index (χ0v) is 13.0. The largest absolute Gasteiger partial charge is 0.468 e. The smallest absolute Gasteiger partial charge is 0.113 e. The fourth-order valence-electron chi connectivity index (χ4n) is 2.38. The molecule has 108 valence electrons. The lowest BCUT2D eigenvalue weighted by Gasteiger charge is -2.27. The second-order valence-corrected chi connectivity index (χ2v) is 6.01. The van der Waals surface area contributed by atoms with Crippen molar-refractivity contribution in [2.75, 3.05) is 6.54 Å². The molecule has 2 nitrogen and oxygen atoms in total. The summed E-state index contributed by atoms with van der Waals surface area (Å²) in [5.41, 5.74) is 1.37. The third kappa shape index (κ3) is 4.15. The van der Waals surface area contributed by atoms with Crippen LogP contribution in [0.15, 0.2) is 53.1 Å². The van der Waals surface area contributed by atoms with Gasteiger partial charge in [-0.05, 0) is 30.7 Å². The van der Waals surface area contributed by atoms with Crippen molar-refractivity contribution in [2.45, 2.75) is 37.3 Å². The van der Waals surface area contributed by atoms with Crippen molar-refractivity contribution in [3.05, 3.63) is 60.1 Å². The SMILES string of the molecule is CCNC(c1ccccc1)C(CC)SCc1ccco1. The Morgan fingerprint density at radius 2 is 1.90 bits per heavy atom. The van der Waals surface area contributed by atoms with Crippen molar-refractivity contribution in [3.63, 3.8) is 0 Å². The molecule has 0 spiro atoms. The van der Waals surface area contributed by atoms with Crippen LogP contribution in [-0.2, 0) is 5.75 Å². The summed E-state index contributed by atoms with van der Waals surface area (Å²) in [6.07, 6.45) is 2.88. The quantitative estimate of drug-likeness (QED) is 0.766. The van der Waals surface area contributed by atoms with Gasteiger partial charge in [-0.1, -0.05) is 44.2 Å². The lowest BCUT2D eigenvalue weighted by atomic mass is 10.0. The number of thioether (sulfide) groups is 1. The van der Waals surface area contributed by atoms with Crippen LogP contribution < -0.4 is 5.32 Å². The normalized spacial score (nSPS) is 14.1. The minimum absolute atomic E-state index is 0.395. The number of hydrogen-bond donors (Lipinski definition) is 1.